The summed E-state index contributed by atoms with van der Waals surface area (Å²) < 4.78 is 2.47. The number of hydrogen-bond acceptors (Lipinski definition) is 4. The van der Waals surface area contributed by atoms with Gasteiger partial charge in [-0.2, -0.15) is 0 Å². The molecule has 0 bridgehead atoms. The van der Waals surface area contributed by atoms with E-state index in [4.69, 9.17) is 0 Å². The van der Waals surface area contributed by atoms with Gasteiger partial charge in [0.15, 0.2) is 0 Å². The van der Waals surface area contributed by atoms with Gasteiger partial charge < -0.3 is 5.32 Å². The van der Waals surface area contributed by atoms with Crippen molar-refractivity contribution in [3.63, 3.8) is 0 Å². The predicted molar refractivity (Wildman–Crippen MR) is 113 cm³/mol. The molecule has 152 valence electrons. The van der Waals surface area contributed by atoms with E-state index in [2.05, 4.69) is 10.3 Å². The molecule has 3 aromatic rings. The van der Waals surface area contributed by atoms with Crippen LogP contribution in [0, 0.1) is 13.8 Å². The van der Waals surface area contributed by atoms with Crippen LogP contribution in [0.15, 0.2) is 39.9 Å². The number of amides is 1. The summed E-state index contributed by atoms with van der Waals surface area (Å²) in [5.41, 5.74) is 3.02. The van der Waals surface area contributed by atoms with Gasteiger partial charge in [-0.05, 0) is 43.9 Å². The van der Waals surface area contributed by atoms with Gasteiger partial charge in [-0.3, -0.25) is 18.7 Å². The molecule has 2 heterocycles. The van der Waals surface area contributed by atoms with E-state index in [0.29, 0.717) is 17.5 Å². The molecule has 1 N–H and O–H groups in total. The van der Waals surface area contributed by atoms with Crippen molar-refractivity contribution in [2.24, 2.45) is 14.1 Å². The first-order chi connectivity index (χ1) is 13.7. The largest absolute Gasteiger partial charge is 0.350 e. The molecule has 0 radical (unpaired) electrons. The van der Waals surface area contributed by atoms with Crippen molar-refractivity contribution in [2.75, 3.05) is 0 Å². The molecule has 0 aliphatic carbocycles. The second kappa shape index (κ2) is 8.03. The molecule has 1 amide bonds. The molecule has 2 aromatic heterocycles. The van der Waals surface area contributed by atoms with E-state index in [1.165, 1.54) is 11.6 Å². The smallest absolute Gasteiger partial charge is 0.332 e. The maximum atomic E-state index is 12.7. The topological polar surface area (TPSA) is 86.0 Å². The number of nitrogens with zero attached hydrogens (tertiary/aromatic N) is 3. The van der Waals surface area contributed by atoms with Crippen molar-refractivity contribution in [3.8, 4) is 0 Å². The average Bonchev–Trinajstić information content (AvgIpc) is 2.70. The Morgan fingerprint density at radius 2 is 1.76 bits per heavy atom. The lowest BCUT2D eigenvalue weighted by atomic mass is 9.99. The Labute approximate surface area is 169 Å². The van der Waals surface area contributed by atoms with Crippen LogP contribution >= 0.6 is 0 Å². The number of benzene rings is 1. The summed E-state index contributed by atoms with van der Waals surface area (Å²) in [4.78, 5) is 41.8. The number of pyridine rings is 1. The third-order valence-electron chi connectivity index (χ3n) is 5.45. The minimum absolute atomic E-state index is 0.0615. The summed E-state index contributed by atoms with van der Waals surface area (Å²) >= 11 is 0. The minimum atomic E-state index is -0.407. The number of hydrogen-bond donors (Lipinski definition) is 1. The van der Waals surface area contributed by atoms with E-state index >= 15 is 0 Å². The standard InChI is InChI=1S/C22H26N4O3/c1-13-17(11-12-18(27)23-14(2)16-9-7-6-8-10-16)15(3)24-20-19(13)21(28)26(5)22(29)25(20)4/h6-10,14H,11-12H2,1-5H3,(H,23,27)/t14-/m0/s1. The van der Waals surface area contributed by atoms with Crippen LogP contribution < -0.4 is 16.6 Å². The Balaban J connectivity index is 1.86. The van der Waals surface area contributed by atoms with Gasteiger partial charge in [0.2, 0.25) is 5.91 Å². The molecule has 1 aromatic carbocycles. The molecule has 3 rings (SSSR count). The highest BCUT2D eigenvalue weighted by Gasteiger charge is 2.18. The third-order valence-corrected chi connectivity index (χ3v) is 5.45. The zero-order valence-corrected chi connectivity index (χ0v) is 17.4. The average molecular weight is 394 g/mol. The van der Waals surface area contributed by atoms with Gasteiger partial charge in [-0.15, -0.1) is 0 Å². The van der Waals surface area contributed by atoms with E-state index in [1.807, 2.05) is 51.1 Å². The van der Waals surface area contributed by atoms with Crippen LogP contribution in [0.4, 0.5) is 0 Å². The van der Waals surface area contributed by atoms with Crippen LogP contribution in [0.5, 0.6) is 0 Å². The van der Waals surface area contributed by atoms with Crippen molar-refractivity contribution in [2.45, 2.75) is 39.7 Å². The highest BCUT2D eigenvalue weighted by atomic mass is 16.2. The number of nitrogens with one attached hydrogen (secondary N) is 1. The molecule has 0 fully saturated rings. The van der Waals surface area contributed by atoms with Gasteiger partial charge in [0, 0.05) is 26.2 Å². The quantitative estimate of drug-likeness (QED) is 0.718. The van der Waals surface area contributed by atoms with Crippen molar-refractivity contribution >= 4 is 16.9 Å². The Bertz CT molecular complexity index is 1190. The van der Waals surface area contributed by atoms with Gasteiger partial charge in [0.05, 0.1) is 11.4 Å². The number of fused-ring (bicyclic) bond motifs is 1. The molecule has 29 heavy (non-hydrogen) atoms. The fourth-order valence-corrected chi connectivity index (χ4v) is 3.69. The van der Waals surface area contributed by atoms with Gasteiger partial charge >= 0.3 is 5.69 Å². The number of carbonyl (C=O) groups is 1. The monoisotopic (exact) mass is 394 g/mol. The van der Waals surface area contributed by atoms with E-state index < -0.39 is 5.69 Å². The van der Waals surface area contributed by atoms with Gasteiger partial charge in [-0.25, -0.2) is 9.78 Å². The molecule has 0 unspecified atom stereocenters. The highest BCUT2D eigenvalue weighted by Crippen LogP contribution is 2.21. The first-order valence-electron chi connectivity index (χ1n) is 9.62. The minimum Gasteiger partial charge on any atom is -0.350 e. The summed E-state index contributed by atoms with van der Waals surface area (Å²) in [5, 5.41) is 3.43. The van der Waals surface area contributed by atoms with Crippen LogP contribution in [0.3, 0.4) is 0 Å². The zero-order valence-electron chi connectivity index (χ0n) is 17.4. The van der Waals surface area contributed by atoms with E-state index in [-0.39, 0.29) is 23.9 Å². The number of aromatic nitrogens is 3. The maximum Gasteiger partial charge on any atom is 0.332 e. The normalized spacial score (nSPS) is 12.2. The molecule has 7 heteroatoms. The molecule has 0 saturated carbocycles. The van der Waals surface area contributed by atoms with Crippen molar-refractivity contribution < 1.29 is 4.79 Å². The lowest BCUT2D eigenvalue weighted by Gasteiger charge is -2.16. The van der Waals surface area contributed by atoms with Gasteiger partial charge in [0.25, 0.3) is 5.56 Å². The molecular formula is C22H26N4O3. The first-order valence-corrected chi connectivity index (χ1v) is 9.62. The maximum absolute atomic E-state index is 12.7. The SMILES string of the molecule is Cc1nc2c(c(C)c1CCC(=O)N[C@@H](C)c1ccccc1)c(=O)n(C)c(=O)n2C. The van der Waals surface area contributed by atoms with Crippen molar-refractivity contribution in [1.29, 1.82) is 0 Å². The molecule has 1 atom stereocenters. The lowest BCUT2D eigenvalue weighted by Crippen LogP contribution is -2.38. The molecule has 0 saturated heterocycles. The Morgan fingerprint density at radius 3 is 2.41 bits per heavy atom. The fraction of sp³-hybridized carbons (Fsp3) is 0.364. The van der Waals surface area contributed by atoms with Crippen LogP contribution in [0.2, 0.25) is 0 Å². The summed E-state index contributed by atoms with van der Waals surface area (Å²) in [6, 6.07) is 9.70. The summed E-state index contributed by atoms with van der Waals surface area (Å²) in [6.45, 7) is 5.64. The summed E-state index contributed by atoms with van der Waals surface area (Å²) in [7, 11) is 3.07. The predicted octanol–water partition coefficient (Wildman–Crippen LogP) is 2.06. The van der Waals surface area contributed by atoms with E-state index in [0.717, 1.165) is 27.0 Å². The summed E-state index contributed by atoms with van der Waals surface area (Å²) in [6.07, 6.45) is 0.762. The van der Waals surface area contributed by atoms with Gasteiger partial charge in [0.1, 0.15) is 5.65 Å². The first kappa shape index (κ1) is 20.5. The number of rotatable bonds is 5. The fourth-order valence-electron chi connectivity index (χ4n) is 3.69. The number of carbonyl (C=O) groups excluding carboxylic acids is 1. The highest BCUT2D eigenvalue weighted by molar-refractivity contribution is 5.81. The Morgan fingerprint density at radius 1 is 1.10 bits per heavy atom. The van der Waals surface area contributed by atoms with Crippen molar-refractivity contribution in [1.82, 2.24) is 19.4 Å². The molecule has 0 spiro atoms. The van der Waals surface area contributed by atoms with Crippen LogP contribution in [-0.2, 0) is 25.3 Å². The van der Waals surface area contributed by atoms with Crippen LogP contribution in [0.1, 0.15) is 41.8 Å². The number of aryl methyl sites for hydroxylation is 3. The molecule has 0 aliphatic heterocycles. The molecule has 0 aliphatic rings. The van der Waals surface area contributed by atoms with Crippen LogP contribution in [-0.4, -0.2) is 20.0 Å². The second-order valence-electron chi connectivity index (χ2n) is 7.41. The summed E-state index contributed by atoms with van der Waals surface area (Å²) in [5.74, 6) is -0.0615. The lowest BCUT2D eigenvalue weighted by molar-refractivity contribution is -0.121. The van der Waals surface area contributed by atoms with Gasteiger partial charge in [-0.1, -0.05) is 30.3 Å². The third kappa shape index (κ3) is 3.85. The Hall–Kier alpha value is -3.22. The van der Waals surface area contributed by atoms with Crippen LogP contribution in [0.25, 0.3) is 11.0 Å². The van der Waals surface area contributed by atoms with E-state index in [9.17, 15) is 14.4 Å². The Kier molecular flexibility index (Phi) is 5.68. The second-order valence-corrected chi connectivity index (χ2v) is 7.41. The van der Waals surface area contributed by atoms with E-state index in [1.54, 1.807) is 7.05 Å². The van der Waals surface area contributed by atoms with Crippen molar-refractivity contribution in [3.05, 3.63) is 73.6 Å². The zero-order chi connectivity index (χ0) is 21.3. The molecular weight excluding hydrogens is 368 g/mol. The molecule has 7 nitrogen and oxygen atoms in total.